The third-order valence-electron chi connectivity index (χ3n) is 4.44. The number of nitrogens with one attached hydrogen (secondary N) is 1. The van der Waals surface area contributed by atoms with Crippen LogP contribution in [0.3, 0.4) is 0 Å². The van der Waals surface area contributed by atoms with Crippen LogP contribution in [0.1, 0.15) is 24.0 Å². The molecule has 0 bridgehead atoms. The first-order chi connectivity index (χ1) is 12.3. The van der Waals surface area contributed by atoms with Gasteiger partial charge in [-0.05, 0) is 24.1 Å². The number of hydrogen-bond acceptors (Lipinski definition) is 5. The molecule has 1 N–H and O–H groups in total. The lowest BCUT2D eigenvalue weighted by Crippen LogP contribution is -2.38. The van der Waals surface area contributed by atoms with Crippen molar-refractivity contribution in [3.8, 4) is 0 Å². The fourth-order valence-electron chi connectivity index (χ4n) is 3.29. The van der Waals surface area contributed by atoms with Crippen LogP contribution in [-0.2, 0) is 17.9 Å². The Morgan fingerprint density at radius 2 is 2.20 bits per heavy atom. The summed E-state index contributed by atoms with van der Waals surface area (Å²) < 4.78 is 1.79. The summed E-state index contributed by atoms with van der Waals surface area (Å²) >= 11 is 0. The van der Waals surface area contributed by atoms with E-state index in [2.05, 4.69) is 31.3 Å². The molecular formula is C18H20N6O. The molecule has 25 heavy (non-hydrogen) atoms. The molecule has 1 saturated heterocycles. The minimum atomic E-state index is 0.143. The van der Waals surface area contributed by atoms with Gasteiger partial charge in [0.1, 0.15) is 0 Å². The molecule has 4 heterocycles. The summed E-state index contributed by atoms with van der Waals surface area (Å²) in [5.74, 6) is 0.143. The summed E-state index contributed by atoms with van der Waals surface area (Å²) in [7, 11) is 0. The van der Waals surface area contributed by atoms with Crippen molar-refractivity contribution in [2.45, 2.75) is 32.0 Å². The predicted molar refractivity (Wildman–Crippen MR) is 92.5 cm³/mol. The molecule has 3 aromatic rings. The van der Waals surface area contributed by atoms with E-state index in [1.54, 1.807) is 16.9 Å². The average Bonchev–Trinajstić information content (AvgIpc) is 3.22. The lowest BCUT2D eigenvalue weighted by molar-refractivity contribution is -0.119. The fourth-order valence-corrected chi connectivity index (χ4v) is 3.29. The molecule has 0 spiro atoms. The highest BCUT2D eigenvalue weighted by Gasteiger charge is 2.24. The van der Waals surface area contributed by atoms with Gasteiger partial charge in [0, 0.05) is 62.4 Å². The molecule has 3 aromatic heterocycles. The normalized spacial score (nSPS) is 17.3. The molecule has 0 unspecified atom stereocenters. The van der Waals surface area contributed by atoms with Crippen molar-refractivity contribution in [1.82, 2.24) is 29.8 Å². The highest BCUT2D eigenvalue weighted by molar-refractivity contribution is 5.78. The first kappa shape index (κ1) is 15.7. The van der Waals surface area contributed by atoms with Crippen LogP contribution in [0.5, 0.6) is 0 Å². The van der Waals surface area contributed by atoms with Crippen LogP contribution < -0.4 is 5.32 Å². The number of aromatic nitrogens is 4. The minimum Gasteiger partial charge on any atom is -0.352 e. The zero-order valence-corrected chi connectivity index (χ0v) is 13.9. The maximum Gasteiger partial charge on any atom is 0.220 e. The first-order valence-electron chi connectivity index (χ1n) is 8.46. The zero-order chi connectivity index (χ0) is 17.1. The summed E-state index contributed by atoms with van der Waals surface area (Å²) in [6.07, 6.45) is 10.7. The summed E-state index contributed by atoms with van der Waals surface area (Å²) in [5.41, 5.74) is 3.10. The van der Waals surface area contributed by atoms with Crippen LogP contribution in [0.25, 0.3) is 5.65 Å². The lowest BCUT2D eigenvalue weighted by Gasteiger charge is -2.25. The second-order valence-corrected chi connectivity index (χ2v) is 6.39. The van der Waals surface area contributed by atoms with E-state index in [1.807, 2.05) is 30.7 Å². The van der Waals surface area contributed by atoms with Crippen molar-refractivity contribution in [2.75, 3.05) is 6.54 Å². The van der Waals surface area contributed by atoms with Crippen LogP contribution in [0, 0.1) is 0 Å². The quantitative estimate of drug-likeness (QED) is 0.736. The zero-order valence-electron chi connectivity index (χ0n) is 13.9. The molecule has 0 aromatic carbocycles. The van der Waals surface area contributed by atoms with Gasteiger partial charge in [-0.3, -0.25) is 14.7 Å². The number of nitrogens with zero attached hydrogens (tertiary/aromatic N) is 5. The number of rotatable bonds is 6. The van der Waals surface area contributed by atoms with Gasteiger partial charge in [0.25, 0.3) is 0 Å². The van der Waals surface area contributed by atoms with Crippen molar-refractivity contribution in [1.29, 1.82) is 0 Å². The largest absolute Gasteiger partial charge is 0.352 e. The van der Waals surface area contributed by atoms with Crippen molar-refractivity contribution >= 4 is 11.6 Å². The van der Waals surface area contributed by atoms with Gasteiger partial charge in [0.2, 0.25) is 5.91 Å². The molecule has 1 fully saturated rings. The number of fused-ring (bicyclic) bond motifs is 1. The van der Waals surface area contributed by atoms with E-state index >= 15 is 0 Å². The fraction of sp³-hybridized carbons (Fsp3) is 0.333. The molecular weight excluding hydrogens is 316 g/mol. The van der Waals surface area contributed by atoms with Gasteiger partial charge < -0.3 is 5.32 Å². The molecule has 128 valence electrons. The van der Waals surface area contributed by atoms with Crippen molar-refractivity contribution < 1.29 is 4.79 Å². The van der Waals surface area contributed by atoms with E-state index in [9.17, 15) is 4.79 Å². The Bertz CT molecular complexity index is 862. The maximum atomic E-state index is 11.5. The lowest BCUT2D eigenvalue weighted by atomic mass is 10.1. The molecule has 0 aliphatic carbocycles. The van der Waals surface area contributed by atoms with E-state index in [0.29, 0.717) is 6.42 Å². The molecule has 1 atom stereocenters. The van der Waals surface area contributed by atoms with Crippen LogP contribution in [0.15, 0.2) is 49.2 Å². The Hall–Kier alpha value is -2.80. The number of hydrogen-bond donors (Lipinski definition) is 1. The van der Waals surface area contributed by atoms with Crippen LogP contribution in [0.4, 0.5) is 0 Å². The predicted octanol–water partition coefficient (Wildman–Crippen LogP) is 1.41. The van der Waals surface area contributed by atoms with E-state index in [4.69, 9.17) is 0 Å². The second-order valence-electron chi connectivity index (χ2n) is 6.39. The molecule has 0 radical (unpaired) electrons. The Balaban J connectivity index is 1.54. The van der Waals surface area contributed by atoms with Gasteiger partial charge in [0.15, 0.2) is 5.65 Å². The third-order valence-corrected chi connectivity index (χ3v) is 4.44. The Labute approximate surface area is 145 Å². The standard InChI is InChI=1S/C18H20N6O/c25-17-5-4-16(22-17)13-23(11-14-3-1-6-19-9-14)12-15-10-21-24-8-2-7-20-18(15)24/h1-3,6-10,16H,4-5,11-13H2,(H,22,25)/t16-/m0/s1. The molecule has 7 nitrogen and oxygen atoms in total. The van der Waals surface area contributed by atoms with Crippen LogP contribution in [-0.4, -0.2) is 43.0 Å². The van der Waals surface area contributed by atoms with Crippen LogP contribution >= 0.6 is 0 Å². The maximum absolute atomic E-state index is 11.5. The van der Waals surface area contributed by atoms with Gasteiger partial charge in [-0.1, -0.05) is 6.07 Å². The van der Waals surface area contributed by atoms with E-state index in [1.165, 1.54) is 0 Å². The average molecular weight is 336 g/mol. The van der Waals surface area contributed by atoms with Gasteiger partial charge in [-0.2, -0.15) is 5.10 Å². The number of pyridine rings is 1. The van der Waals surface area contributed by atoms with Gasteiger partial charge in [0.05, 0.1) is 6.20 Å². The Morgan fingerprint density at radius 3 is 3.00 bits per heavy atom. The van der Waals surface area contributed by atoms with Gasteiger partial charge >= 0.3 is 0 Å². The molecule has 7 heteroatoms. The van der Waals surface area contributed by atoms with E-state index in [0.717, 1.165) is 42.8 Å². The third kappa shape index (κ3) is 3.66. The summed E-state index contributed by atoms with van der Waals surface area (Å²) in [6, 6.07) is 6.08. The minimum absolute atomic E-state index is 0.143. The first-order valence-corrected chi connectivity index (χ1v) is 8.46. The number of carbonyl (C=O) groups excluding carboxylic acids is 1. The van der Waals surface area contributed by atoms with E-state index < -0.39 is 0 Å². The highest BCUT2D eigenvalue weighted by Crippen LogP contribution is 2.16. The van der Waals surface area contributed by atoms with Gasteiger partial charge in [-0.15, -0.1) is 0 Å². The second kappa shape index (κ2) is 6.98. The summed E-state index contributed by atoms with van der Waals surface area (Å²) in [5, 5.41) is 7.42. The summed E-state index contributed by atoms with van der Waals surface area (Å²) in [4.78, 5) is 22.5. The van der Waals surface area contributed by atoms with Crippen molar-refractivity contribution in [3.63, 3.8) is 0 Å². The smallest absolute Gasteiger partial charge is 0.220 e. The molecule has 0 saturated carbocycles. The number of carbonyl (C=O) groups is 1. The molecule has 1 aliphatic heterocycles. The van der Waals surface area contributed by atoms with Crippen molar-refractivity contribution in [2.24, 2.45) is 0 Å². The van der Waals surface area contributed by atoms with Crippen molar-refractivity contribution in [3.05, 3.63) is 60.3 Å². The molecule has 1 amide bonds. The Kier molecular flexibility index (Phi) is 4.39. The Morgan fingerprint density at radius 1 is 1.24 bits per heavy atom. The number of amides is 1. The highest BCUT2D eigenvalue weighted by atomic mass is 16.1. The monoisotopic (exact) mass is 336 g/mol. The summed E-state index contributed by atoms with van der Waals surface area (Å²) in [6.45, 7) is 2.29. The molecule has 1 aliphatic rings. The topological polar surface area (TPSA) is 75.4 Å². The molecule has 4 rings (SSSR count). The van der Waals surface area contributed by atoms with Gasteiger partial charge in [-0.25, -0.2) is 9.50 Å². The van der Waals surface area contributed by atoms with Crippen LogP contribution in [0.2, 0.25) is 0 Å². The SMILES string of the molecule is O=C1CC[C@@H](CN(Cc2cccnc2)Cc2cnn3cccnc23)N1. The van der Waals surface area contributed by atoms with E-state index in [-0.39, 0.29) is 11.9 Å².